The quantitative estimate of drug-likeness (QED) is 0.880. The third-order valence-electron chi connectivity index (χ3n) is 3.83. The Kier molecular flexibility index (Phi) is 4.47. The van der Waals surface area contributed by atoms with Gasteiger partial charge in [-0.2, -0.15) is 0 Å². The van der Waals surface area contributed by atoms with E-state index >= 15 is 0 Å². The van der Waals surface area contributed by atoms with Gasteiger partial charge in [0.05, 0.1) is 6.10 Å². The number of anilines is 1. The van der Waals surface area contributed by atoms with Crippen molar-refractivity contribution in [2.75, 3.05) is 18.5 Å². The maximum absolute atomic E-state index is 12.4. The van der Waals surface area contributed by atoms with Gasteiger partial charge in [-0.05, 0) is 24.1 Å². The number of carbonyl (C=O) groups is 2. The van der Waals surface area contributed by atoms with E-state index in [1.54, 1.807) is 7.05 Å². The van der Waals surface area contributed by atoms with Gasteiger partial charge < -0.3 is 15.1 Å². The van der Waals surface area contributed by atoms with Crippen LogP contribution in [0.2, 0.25) is 0 Å². The van der Waals surface area contributed by atoms with Crippen LogP contribution in [0.3, 0.4) is 0 Å². The second-order valence-electron chi connectivity index (χ2n) is 5.26. The molecular formula is C15H20N2O4. The van der Waals surface area contributed by atoms with Gasteiger partial charge in [-0.3, -0.25) is 4.90 Å². The monoisotopic (exact) mass is 292 g/mol. The zero-order chi connectivity index (χ0) is 15.6. The largest absolute Gasteiger partial charge is 0.480 e. The number of aryl methyl sites for hydroxylation is 1. The van der Waals surface area contributed by atoms with Gasteiger partial charge in [0.25, 0.3) is 0 Å². The molecule has 0 aliphatic carbocycles. The number of aliphatic hydroxyl groups excluding tert-OH is 1. The van der Waals surface area contributed by atoms with Gasteiger partial charge in [-0.15, -0.1) is 0 Å². The van der Waals surface area contributed by atoms with E-state index in [0.29, 0.717) is 5.69 Å². The van der Waals surface area contributed by atoms with E-state index in [2.05, 4.69) is 0 Å². The number of likely N-dealkylation sites (tertiary alicyclic amines) is 1. The smallest absolute Gasteiger partial charge is 0.326 e. The minimum Gasteiger partial charge on any atom is -0.480 e. The van der Waals surface area contributed by atoms with E-state index in [4.69, 9.17) is 5.11 Å². The molecule has 1 saturated heterocycles. The Morgan fingerprint density at radius 1 is 1.33 bits per heavy atom. The van der Waals surface area contributed by atoms with E-state index in [-0.39, 0.29) is 13.0 Å². The first-order valence-corrected chi connectivity index (χ1v) is 6.98. The molecular weight excluding hydrogens is 272 g/mol. The van der Waals surface area contributed by atoms with E-state index in [1.165, 1.54) is 15.4 Å². The third kappa shape index (κ3) is 3.16. The van der Waals surface area contributed by atoms with Gasteiger partial charge in [-0.1, -0.05) is 19.1 Å². The highest BCUT2D eigenvalue weighted by atomic mass is 16.4. The molecule has 1 aliphatic heterocycles. The number of benzene rings is 1. The number of urea groups is 1. The zero-order valence-electron chi connectivity index (χ0n) is 12.2. The van der Waals surface area contributed by atoms with E-state index in [1.807, 2.05) is 31.2 Å². The van der Waals surface area contributed by atoms with Crippen LogP contribution in [0.4, 0.5) is 10.5 Å². The lowest BCUT2D eigenvalue weighted by Gasteiger charge is -2.27. The Morgan fingerprint density at radius 2 is 1.95 bits per heavy atom. The molecule has 1 heterocycles. The van der Waals surface area contributed by atoms with Crippen molar-refractivity contribution >= 4 is 17.7 Å². The maximum Gasteiger partial charge on any atom is 0.326 e. The lowest BCUT2D eigenvalue weighted by Crippen LogP contribution is -2.47. The van der Waals surface area contributed by atoms with Crippen LogP contribution in [0.15, 0.2) is 24.3 Å². The average Bonchev–Trinajstić information content (AvgIpc) is 2.88. The summed E-state index contributed by atoms with van der Waals surface area (Å²) in [6.07, 6.45) is 0.201. The van der Waals surface area contributed by atoms with Crippen LogP contribution in [0, 0.1) is 0 Å². The summed E-state index contributed by atoms with van der Waals surface area (Å²) in [6.45, 7) is 2.10. The minimum atomic E-state index is -1.09. The van der Waals surface area contributed by atoms with Crippen molar-refractivity contribution in [3.63, 3.8) is 0 Å². The lowest BCUT2D eigenvalue weighted by atomic mass is 10.1. The Labute approximate surface area is 123 Å². The summed E-state index contributed by atoms with van der Waals surface area (Å²) in [7, 11) is 1.60. The molecule has 1 fully saturated rings. The second-order valence-corrected chi connectivity index (χ2v) is 5.26. The molecule has 6 heteroatoms. The standard InChI is InChI=1S/C15H20N2O4/c1-3-10-4-6-11(7-5-10)16(2)15(21)17-9-12(18)8-13(17)14(19)20/h4-7,12-13,18H,3,8-9H2,1-2H3,(H,19,20)/t12-,13-/m0/s1. The summed E-state index contributed by atoms with van der Waals surface area (Å²) in [6, 6.07) is 6.16. The summed E-state index contributed by atoms with van der Waals surface area (Å²) in [5, 5.41) is 18.8. The van der Waals surface area contributed by atoms with Crippen molar-refractivity contribution in [1.29, 1.82) is 0 Å². The minimum absolute atomic E-state index is 0.0488. The van der Waals surface area contributed by atoms with Gasteiger partial charge in [0.1, 0.15) is 6.04 Å². The first kappa shape index (κ1) is 15.3. The van der Waals surface area contributed by atoms with Gasteiger partial charge in [0.15, 0.2) is 0 Å². The molecule has 0 aromatic heterocycles. The molecule has 0 saturated carbocycles. The highest BCUT2D eigenvalue weighted by Gasteiger charge is 2.40. The number of nitrogens with zero attached hydrogens (tertiary/aromatic N) is 2. The molecule has 2 amide bonds. The number of β-amino-alcohol motifs (C(OH)–C–C–N with tert-alkyl or cyclic N) is 1. The highest BCUT2D eigenvalue weighted by molar-refractivity contribution is 5.94. The maximum atomic E-state index is 12.4. The first-order valence-electron chi connectivity index (χ1n) is 6.98. The average molecular weight is 292 g/mol. The summed E-state index contributed by atoms with van der Waals surface area (Å²) >= 11 is 0. The zero-order valence-corrected chi connectivity index (χ0v) is 12.2. The van der Waals surface area contributed by atoms with Gasteiger partial charge >= 0.3 is 12.0 Å². The molecule has 0 unspecified atom stereocenters. The molecule has 2 rings (SSSR count). The van der Waals surface area contributed by atoms with Crippen molar-refractivity contribution in [2.45, 2.75) is 31.9 Å². The molecule has 0 spiro atoms. The SMILES string of the molecule is CCc1ccc(N(C)C(=O)N2C[C@@H](O)C[C@H]2C(=O)O)cc1. The number of carbonyl (C=O) groups excluding carboxylic acids is 1. The normalized spacial score (nSPS) is 21.4. The fourth-order valence-electron chi connectivity index (χ4n) is 2.52. The van der Waals surface area contributed by atoms with Crippen molar-refractivity contribution in [1.82, 2.24) is 4.90 Å². The van der Waals surface area contributed by atoms with Crippen LogP contribution < -0.4 is 4.90 Å². The molecule has 114 valence electrons. The predicted molar refractivity (Wildman–Crippen MR) is 78.4 cm³/mol. The molecule has 21 heavy (non-hydrogen) atoms. The molecule has 2 N–H and O–H groups in total. The number of rotatable bonds is 3. The molecule has 1 aromatic rings. The van der Waals surface area contributed by atoms with Crippen molar-refractivity contribution in [3.05, 3.63) is 29.8 Å². The molecule has 6 nitrogen and oxygen atoms in total. The van der Waals surface area contributed by atoms with Crippen LogP contribution >= 0.6 is 0 Å². The van der Waals surface area contributed by atoms with Crippen molar-refractivity contribution < 1.29 is 19.8 Å². The Bertz CT molecular complexity index is 529. The fourth-order valence-corrected chi connectivity index (χ4v) is 2.52. The van der Waals surface area contributed by atoms with Crippen molar-refractivity contribution in [3.8, 4) is 0 Å². The number of amides is 2. The summed E-state index contributed by atoms with van der Waals surface area (Å²) in [5.41, 5.74) is 1.86. The van der Waals surface area contributed by atoms with E-state index in [0.717, 1.165) is 6.42 Å². The van der Waals surface area contributed by atoms with Gasteiger partial charge in [0.2, 0.25) is 0 Å². The summed E-state index contributed by atoms with van der Waals surface area (Å²) in [5.74, 6) is -1.09. The molecule has 0 radical (unpaired) electrons. The summed E-state index contributed by atoms with van der Waals surface area (Å²) in [4.78, 5) is 26.2. The number of aliphatic hydroxyl groups is 1. The Hall–Kier alpha value is -2.08. The van der Waals surface area contributed by atoms with Crippen molar-refractivity contribution in [2.24, 2.45) is 0 Å². The molecule has 1 aromatic carbocycles. The van der Waals surface area contributed by atoms with Crippen LogP contribution in [0.1, 0.15) is 18.9 Å². The molecule has 0 bridgehead atoms. The van der Waals surface area contributed by atoms with Gasteiger partial charge in [-0.25, -0.2) is 9.59 Å². The number of carboxylic acid groups (broad SMARTS) is 1. The Morgan fingerprint density at radius 3 is 2.48 bits per heavy atom. The fraction of sp³-hybridized carbons (Fsp3) is 0.467. The number of carboxylic acids is 1. The second kappa shape index (κ2) is 6.13. The van der Waals surface area contributed by atoms with Crippen LogP contribution in [0.25, 0.3) is 0 Å². The van der Waals surface area contributed by atoms with E-state index in [9.17, 15) is 14.7 Å². The van der Waals surface area contributed by atoms with E-state index < -0.39 is 24.1 Å². The highest BCUT2D eigenvalue weighted by Crippen LogP contribution is 2.22. The topological polar surface area (TPSA) is 81.1 Å². The van der Waals surface area contributed by atoms with Gasteiger partial charge in [0, 0.05) is 25.7 Å². The molecule has 2 atom stereocenters. The number of hydrogen-bond donors (Lipinski definition) is 2. The lowest BCUT2D eigenvalue weighted by molar-refractivity contribution is -0.141. The first-order chi connectivity index (χ1) is 9.93. The molecule has 1 aliphatic rings. The number of hydrogen-bond acceptors (Lipinski definition) is 3. The summed E-state index contributed by atoms with van der Waals surface area (Å²) < 4.78 is 0. The van der Waals surface area contributed by atoms with Crippen LogP contribution in [-0.4, -0.2) is 52.9 Å². The third-order valence-corrected chi connectivity index (χ3v) is 3.83. The van der Waals surface area contributed by atoms with Crippen LogP contribution in [-0.2, 0) is 11.2 Å². The number of aliphatic carboxylic acids is 1. The Balaban J connectivity index is 2.15. The predicted octanol–water partition coefficient (Wildman–Crippen LogP) is 1.32. The van der Waals surface area contributed by atoms with Crippen LogP contribution in [0.5, 0.6) is 0 Å².